The van der Waals surface area contributed by atoms with Crippen LogP contribution in [-0.4, -0.2) is 27.6 Å². The predicted molar refractivity (Wildman–Crippen MR) is 93.3 cm³/mol. The second-order valence-corrected chi connectivity index (χ2v) is 6.01. The molecule has 2 N–H and O–H groups in total. The van der Waals surface area contributed by atoms with Crippen LogP contribution in [0.15, 0.2) is 36.4 Å². The van der Waals surface area contributed by atoms with Crippen molar-refractivity contribution in [2.75, 3.05) is 0 Å². The van der Waals surface area contributed by atoms with E-state index in [0.717, 1.165) is 17.0 Å². The number of hydrogen-bond acceptors (Lipinski definition) is 2. The summed E-state index contributed by atoms with van der Waals surface area (Å²) in [7, 11) is 0. The van der Waals surface area contributed by atoms with Gasteiger partial charge in [-0.15, -0.1) is 0 Å². The minimum atomic E-state index is -1.02. The van der Waals surface area contributed by atoms with Gasteiger partial charge in [0.2, 0.25) is 0 Å². The van der Waals surface area contributed by atoms with Gasteiger partial charge in [-0.05, 0) is 38.8 Å². The zero-order valence-corrected chi connectivity index (χ0v) is 14.5. The van der Waals surface area contributed by atoms with Crippen molar-refractivity contribution in [1.82, 2.24) is 9.88 Å². The highest BCUT2D eigenvalue weighted by molar-refractivity contribution is 5.97. The molecule has 24 heavy (non-hydrogen) atoms. The number of carbonyl (C=O) groups excluding carboxylic acids is 1. The summed E-state index contributed by atoms with van der Waals surface area (Å²) in [5.41, 5.74) is 3.48. The van der Waals surface area contributed by atoms with E-state index < -0.39 is 12.0 Å². The average molecular weight is 328 g/mol. The molecule has 2 atom stereocenters. The third kappa shape index (κ3) is 3.50. The highest BCUT2D eigenvalue weighted by atomic mass is 16.4. The molecular formula is C19H24N2O3. The maximum Gasteiger partial charge on any atom is 0.326 e. The number of carboxylic acid groups (broad SMARTS) is 1. The second-order valence-electron chi connectivity index (χ2n) is 6.01. The first-order valence-corrected chi connectivity index (χ1v) is 8.13. The molecule has 5 nitrogen and oxygen atoms in total. The number of aliphatic carboxylic acids is 1. The lowest BCUT2D eigenvalue weighted by atomic mass is 10.1. The van der Waals surface area contributed by atoms with E-state index >= 15 is 0 Å². The molecule has 0 spiro atoms. The first-order chi connectivity index (χ1) is 11.4. The molecule has 2 unspecified atom stereocenters. The fourth-order valence-corrected chi connectivity index (χ4v) is 3.06. The smallest absolute Gasteiger partial charge is 0.326 e. The quantitative estimate of drug-likeness (QED) is 0.854. The Labute approximate surface area is 142 Å². The van der Waals surface area contributed by atoms with Crippen molar-refractivity contribution in [2.24, 2.45) is 0 Å². The van der Waals surface area contributed by atoms with Crippen LogP contribution in [0.4, 0.5) is 0 Å². The maximum atomic E-state index is 12.5. The fourth-order valence-electron chi connectivity index (χ4n) is 3.06. The Morgan fingerprint density at radius 3 is 2.38 bits per heavy atom. The molecule has 0 saturated heterocycles. The van der Waals surface area contributed by atoms with E-state index in [1.165, 1.54) is 0 Å². The number of benzene rings is 1. The molecule has 1 amide bonds. The van der Waals surface area contributed by atoms with E-state index in [1.54, 1.807) is 6.92 Å². The molecule has 0 saturated carbocycles. The van der Waals surface area contributed by atoms with Crippen molar-refractivity contribution in [3.05, 3.63) is 58.9 Å². The van der Waals surface area contributed by atoms with E-state index in [-0.39, 0.29) is 11.9 Å². The number of rotatable bonds is 6. The SMILES string of the molecule is CCC(NC(=O)c1cc(C)n(C(C)c2ccccc2)c1C)C(=O)O. The fraction of sp³-hybridized carbons (Fsp3) is 0.368. The first-order valence-electron chi connectivity index (χ1n) is 8.13. The Morgan fingerprint density at radius 1 is 1.21 bits per heavy atom. The lowest BCUT2D eigenvalue weighted by molar-refractivity contribution is -0.139. The van der Waals surface area contributed by atoms with Crippen LogP contribution >= 0.6 is 0 Å². The molecule has 5 heteroatoms. The number of aromatic nitrogens is 1. The third-order valence-corrected chi connectivity index (χ3v) is 4.41. The largest absolute Gasteiger partial charge is 0.480 e. The topological polar surface area (TPSA) is 71.3 Å². The number of hydrogen-bond donors (Lipinski definition) is 2. The monoisotopic (exact) mass is 328 g/mol. The number of aryl methyl sites for hydroxylation is 1. The van der Waals surface area contributed by atoms with Gasteiger partial charge in [0.15, 0.2) is 0 Å². The Hall–Kier alpha value is -2.56. The lowest BCUT2D eigenvalue weighted by Gasteiger charge is -2.19. The third-order valence-electron chi connectivity index (χ3n) is 4.41. The molecule has 0 radical (unpaired) electrons. The molecule has 0 aliphatic rings. The predicted octanol–water partition coefficient (Wildman–Crippen LogP) is 3.31. The molecule has 1 aromatic carbocycles. The summed E-state index contributed by atoms with van der Waals surface area (Å²) in [6.07, 6.45) is 0.347. The van der Waals surface area contributed by atoms with Crippen molar-refractivity contribution in [2.45, 2.75) is 46.2 Å². The summed E-state index contributed by atoms with van der Waals surface area (Å²) < 4.78 is 2.10. The lowest BCUT2D eigenvalue weighted by Crippen LogP contribution is -2.40. The van der Waals surface area contributed by atoms with E-state index in [2.05, 4.69) is 28.9 Å². The molecule has 0 aliphatic heterocycles. The minimum absolute atomic E-state index is 0.0918. The summed E-state index contributed by atoms with van der Waals surface area (Å²) in [5.74, 6) is -1.36. The normalized spacial score (nSPS) is 13.3. The van der Waals surface area contributed by atoms with Crippen LogP contribution in [0.3, 0.4) is 0 Å². The number of nitrogens with zero attached hydrogens (tertiary/aromatic N) is 1. The zero-order valence-electron chi connectivity index (χ0n) is 14.5. The molecule has 2 rings (SSSR count). The molecule has 1 heterocycles. The number of amides is 1. The minimum Gasteiger partial charge on any atom is -0.480 e. The summed E-state index contributed by atoms with van der Waals surface area (Å²) in [6, 6.07) is 11.1. The van der Waals surface area contributed by atoms with E-state index in [0.29, 0.717) is 12.0 Å². The van der Waals surface area contributed by atoms with Gasteiger partial charge in [0.1, 0.15) is 6.04 Å². The first kappa shape index (κ1) is 17.8. The van der Waals surface area contributed by atoms with Crippen molar-refractivity contribution >= 4 is 11.9 Å². The van der Waals surface area contributed by atoms with Gasteiger partial charge in [-0.2, -0.15) is 0 Å². The van der Waals surface area contributed by atoms with Crippen LogP contribution in [0.5, 0.6) is 0 Å². The summed E-state index contributed by atoms with van der Waals surface area (Å²) in [6.45, 7) is 7.67. The Kier molecular flexibility index (Phi) is 5.44. The van der Waals surface area contributed by atoms with Gasteiger partial charge in [-0.25, -0.2) is 4.79 Å². The van der Waals surface area contributed by atoms with Crippen molar-refractivity contribution in [3.8, 4) is 0 Å². The Morgan fingerprint density at radius 2 is 1.83 bits per heavy atom. The molecule has 128 valence electrons. The Balaban J connectivity index is 2.32. The van der Waals surface area contributed by atoms with Crippen LogP contribution in [0.2, 0.25) is 0 Å². The summed E-state index contributed by atoms with van der Waals surface area (Å²) >= 11 is 0. The van der Waals surface area contributed by atoms with Crippen LogP contribution in [0.25, 0.3) is 0 Å². The highest BCUT2D eigenvalue weighted by Crippen LogP contribution is 2.25. The van der Waals surface area contributed by atoms with E-state index in [4.69, 9.17) is 5.11 Å². The van der Waals surface area contributed by atoms with Crippen LogP contribution in [0, 0.1) is 13.8 Å². The van der Waals surface area contributed by atoms with Gasteiger partial charge in [-0.3, -0.25) is 4.79 Å². The average Bonchev–Trinajstić information content (AvgIpc) is 2.87. The summed E-state index contributed by atoms with van der Waals surface area (Å²) in [5, 5.41) is 11.7. The highest BCUT2D eigenvalue weighted by Gasteiger charge is 2.23. The molecule has 2 aromatic rings. The number of carboxylic acids is 1. The van der Waals surface area contributed by atoms with Crippen molar-refractivity contribution < 1.29 is 14.7 Å². The van der Waals surface area contributed by atoms with Gasteiger partial charge < -0.3 is 15.0 Å². The zero-order chi connectivity index (χ0) is 17.9. The van der Waals surface area contributed by atoms with Gasteiger partial charge in [0, 0.05) is 11.4 Å². The summed E-state index contributed by atoms with van der Waals surface area (Å²) in [4.78, 5) is 23.6. The molecule has 0 bridgehead atoms. The van der Waals surface area contributed by atoms with Crippen molar-refractivity contribution in [1.29, 1.82) is 0 Å². The standard InChI is InChI=1S/C19H24N2O3/c1-5-17(19(23)24)20-18(22)16-11-12(2)21(14(16)4)13(3)15-9-7-6-8-10-15/h6-11,13,17H,5H2,1-4H3,(H,20,22)(H,23,24). The van der Waals surface area contributed by atoms with E-state index in [1.807, 2.05) is 38.1 Å². The van der Waals surface area contributed by atoms with Gasteiger partial charge in [0.05, 0.1) is 11.6 Å². The van der Waals surface area contributed by atoms with Crippen molar-refractivity contribution in [3.63, 3.8) is 0 Å². The molecule has 0 fully saturated rings. The van der Waals surface area contributed by atoms with Crippen LogP contribution in [-0.2, 0) is 4.79 Å². The molecule has 1 aromatic heterocycles. The van der Waals surface area contributed by atoms with Gasteiger partial charge in [-0.1, -0.05) is 37.3 Å². The van der Waals surface area contributed by atoms with Crippen LogP contribution < -0.4 is 5.32 Å². The molecule has 0 aliphatic carbocycles. The van der Waals surface area contributed by atoms with Crippen LogP contribution in [0.1, 0.15) is 53.6 Å². The van der Waals surface area contributed by atoms with Gasteiger partial charge in [0.25, 0.3) is 5.91 Å². The van der Waals surface area contributed by atoms with E-state index in [9.17, 15) is 9.59 Å². The Bertz CT molecular complexity index is 735. The number of nitrogens with one attached hydrogen (secondary N) is 1. The molecular weight excluding hydrogens is 304 g/mol. The number of carbonyl (C=O) groups is 2. The maximum absolute atomic E-state index is 12.5. The second kappa shape index (κ2) is 7.34. The van der Waals surface area contributed by atoms with Gasteiger partial charge >= 0.3 is 5.97 Å².